The van der Waals surface area contributed by atoms with Gasteiger partial charge in [0, 0.05) is 15.7 Å². The van der Waals surface area contributed by atoms with E-state index in [-0.39, 0.29) is 11.0 Å². The second kappa shape index (κ2) is 8.05. The standard InChI is InChI=1S/C20H15BrN2OS/c21-17-10-12-18(13-11-17)22-20(25)23-19(24)16-8-6-15(7-9-16)14-4-2-1-3-5-14/h1-13H,(H2,22,23,24,25). The number of anilines is 1. The number of hydrogen-bond donors (Lipinski definition) is 2. The first-order chi connectivity index (χ1) is 12.1. The van der Waals surface area contributed by atoms with Crippen LogP contribution in [0.1, 0.15) is 10.4 Å². The van der Waals surface area contributed by atoms with E-state index in [1.807, 2.05) is 66.7 Å². The van der Waals surface area contributed by atoms with Crippen molar-refractivity contribution in [3.05, 3.63) is 88.9 Å². The molecule has 0 unspecified atom stereocenters. The van der Waals surface area contributed by atoms with Gasteiger partial charge in [0.05, 0.1) is 0 Å². The van der Waals surface area contributed by atoms with Crippen molar-refractivity contribution in [2.45, 2.75) is 0 Å². The quantitative estimate of drug-likeness (QED) is 0.579. The second-order valence-electron chi connectivity index (χ2n) is 5.36. The van der Waals surface area contributed by atoms with Crippen molar-refractivity contribution in [1.82, 2.24) is 5.32 Å². The van der Waals surface area contributed by atoms with Gasteiger partial charge in [-0.05, 0) is 59.7 Å². The minimum Gasteiger partial charge on any atom is -0.332 e. The van der Waals surface area contributed by atoms with Crippen LogP contribution >= 0.6 is 28.1 Å². The van der Waals surface area contributed by atoms with E-state index in [1.54, 1.807) is 12.1 Å². The van der Waals surface area contributed by atoms with Crippen molar-refractivity contribution in [2.75, 3.05) is 5.32 Å². The zero-order chi connectivity index (χ0) is 17.6. The van der Waals surface area contributed by atoms with Gasteiger partial charge >= 0.3 is 0 Å². The van der Waals surface area contributed by atoms with E-state index in [0.29, 0.717) is 5.56 Å². The minimum atomic E-state index is -0.241. The van der Waals surface area contributed by atoms with Gasteiger partial charge in [0.2, 0.25) is 0 Å². The summed E-state index contributed by atoms with van der Waals surface area (Å²) in [5.41, 5.74) is 3.54. The maximum absolute atomic E-state index is 12.3. The SMILES string of the molecule is O=C(NC(=S)Nc1ccc(Br)cc1)c1ccc(-c2ccccc2)cc1. The lowest BCUT2D eigenvalue weighted by Crippen LogP contribution is -2.34. The first kappa shape index (κ1) is 17.3. The molecule has 0 bridgehead atoms. The summed E-state index contributed by atoms with van der Waals surface area (Å²) in [6, 6.07) is 25.0. The lowest BCUT2D eigenvalue weighted by molar-refractivity contribution is 0.0978. The largest absolute Gasteiger partial charge is 0.332 e. The average molecular weight is 411 g/mol. The molecular formula is C20H15BrN2OS. The molecule has 3 aromatic carbocycles. The van der Waals surface area contributed by atoms with E-state index in [9.17, 15) is 4.79 Å². The lowest BCUT2D eigenvalue weighted by atomic mass is 10.0. The first-order valence-electron chi connectivity index (χ1n) is 7.65. The van der Waals surface area contributed by atoms with Crippen molar-refractivity contribution in [3.63, 3.8) is 0 Å². The van der Waals surface area contributed by atoms with Crippen molar-refractivity contribution in [3.8, 4) is 11.1 Å². The molecule has 5 heteroatoms. The van der Waals surface area contributed by atoms with Crippen molar-refractivity contribution >= 4 is 44.9 Å². The molecule has 0 aliphatic heterocycles. The molecule has 0 fully saturated rings. The van der Waals surface area contributed by atoms with Gasteiger partial charge in [0.25, 0.3) is 5.91 Å². The maximum Gasteiger partial charge on any atom is 0.257 e. The van der Waals surface area contributed by atoms with Gasteiger partial charge in [0.1, 0.15) is 0 Å². The van der Waals surface area contributed by atoms with Crippen LogP contribution in [0.5, 0.6) is 0 Å². The third kappa shape index (κ3) is 4.75. The van der Waals surface area contributed by atoms with Gasteiger partial charge in [-0.2, -0.15) is 0 Å². The molecule has 0 aliphatic carbocycles. The van der Waals surface area contributed by atoms with Gasteiger partial charge in [-0.25, -0.2) is 0 Å². The summed E-state index contributed by atoms with van der Waals surface area (Å²) in [4.78, 5) is 12.3. The zero-order valence-electron chi connectivity index (χ0n) is 13.2. The molecule has 3 aromatic rings. The second-order valence-corrected chi connectivity index (χ2v) is 6.68. The number of carbonyl (C=O) groups excluding carboxylic acids is 1. The fourth-order valence-corrected chi connectivity index (χ4v) is 2.79. The van der Waals surface area contributed by atoms with Crippen LogP contribution in [0.4, 0.5) is 5.69 Å². The Kier molecular flexibility index (Phi) is 5.58. The van der Waals surface area contributed by atoms with E-state index >= 15 is 0 Å². The Hall–Kier alpha value is -2.50. The molecule has 1 amide bonds. The van der Waals surface area contributed by atoms with Crippen LogP contribution in [0.25, 0.3) is 11.1 Å². The minimum absolute atomic E-state index is 0.241. The molecular weight excluding hydrogens is 396 g/mol. The van der Waals surface area contributed by atoms with Crippen LogP contribution in [0.2, 0.25) is 0 Å². The van der Waals surface area contributed by atoms with Gasteiger partial charge in [0.15, 0.2) is 5.11 Å². The number of thiocarbonyl (C=S) groups is 1. The van der Waals surface area contributed by atoms with Crippen LogP contribution in [0, 0.1) is 0 Å². The Balaban J connectivity index is 1.63. The Morgan fingerprint density at radius 1 is 0.800 bits per heavy atom. The van der Waals surface area contributed by atoms with Gasteiger partial charge in [-0.15, -0.1) is 0 Å². The van der Waals surface area contributed by atoms with Crippen molar-refractivity contribution in [2.24, 2.45) is 0 Å². The van der Waals surface area contributed by atoms with Crippen molar-refractivity contribution < 1.29 is 4.79 Å². The summed E-state index contributed by atoms with van der Waals surface area (Å²) in [7, 11) is 0. The highest BCUT2D eigenvalue weighted by Gasteiger charge is 2.08. The Bertz CT molecular complexity index is 878. The summed E-state index contributed by atoms with van der Waals surface area (Å²) >= 11 is 8.57. The molecule has 124 valence electrons. The van der Waals surface area contributed by atoms with Gasteiger partial charge < -0.3 is 5.32 Å². The lowest BCUT2D eigenvalue weighted by Gasteiger charge is -2.10. The molecule has 0 radical (unpaired) electrons. The highest BCUT2D eigenvalue weighted by atomic mass is 79.9. The predicted molar refractivity (Wildman–Crippen MR) is 110 cm³/mol. The van der Waals surface area contributed by atoms with E-state index < -0.39 is 0 Å². The van der Waals surface area contributed by atoms with E-state index in [2.05, 4.69) is 26.6 Å². The summed E-state index contributed by atoms with van der Waals surface area (Å²) < 4.78 is 0.978. The molecule has 0 saturated carbocycles. The number of rotatable bonds is 3. The number of nitrogens with one attached hydrogen (secondary N) is 2. The summed E-state index contributed by atoms with van der Waals surface area (Å²) in [5, 5.41) is 5.94. The van der Waals surface area contributed by atoms with Gasteiger partial charge in [-0.1, -0.05) is 58.4 Å². The van der Waals surface area contributed by atoms with Crippen LogP contribution in [0.15, 0.2) is 83.3 Å². The van der Waals surface area contributed by atoms with Gasteiger partial charge in [-0.3, -0.25) is 10.1 Å². The topological polar surface area (TPSA) is 41.1 Å². The summed E-state index contributed by atoms with van der Waals surface area (Å²) in [6.07, 6.45) is 0. The number of benzene rings is 3. The molecule has 0 atom stereocenters. The molecule has 25 heavy (non-hydrogen) atoms. The Morgan fingerprint density at radius 3 is 2.04 bits per heavy atom. The number of hydrogen-bond acceptors (Lipinski definition) is 2. The maximum atomic E-state index is 12.3. The average Bonchev–Trinajstić information content (AvgIpc) is 2.64. The number of carbonyl (C=O) groups is 1. The molecule has 3 rings (SSSR count). The first-order valence-corrected chi connectivity index (χ1v) is 8.85. The fourth-order valence-electron chi connectivity index (χ4n) is 2.32. The molecule has 2 N–H and O–H groups in total. The fraction of sp³-hybridized carbons (Fsp3) is 0. The Labute approximate surface area is 160 Å². The van der Waals surface area contributed by atoms with E-state index in [4.69, 9.17) is 12.2 Å². The molecule has 0 aliphatic rings. The summed E-state index contributed by atoms with van der Waals surface area (Å²) in [6.45, 7) is 0. The third-order valence-corrected chi connectivity index (χ3v) is 4.32. The van der Waals surface area contributed by atoms with Crippen LogP contribution in [0.3, 0.4) is 0 Å². The highest BCUT2D eigenvalue weighted by molar-refractivity contribution is 9.10. The molecule has 0 aromatic heterocycles. The normalized spacial score (nSPS) is 10.1. The van der Waals surface area contributed by atoms with Crippen molar-refractivity contribution in [1.29, 1.82) is 0 Å². The monoisotopic (exact) mass is 410 g/mol. The molecule has 0 spiro atoms. The van der Waals surface area contributed by atoms with Crippen LogP contribution < -0.4 is 10.6 Å². The molecule has 0 heterocycles. The number of halogens is 1. The highest BCUT2D eigenvalue weighted by Crippen LogP contribution is 2.19. The van der Waals surface area contributed by atoms with Crippen LogP contribution in [-0.4, -0.2) is 11.0 Å². The Morgan fingerprint density at radius 2 is 1.40 bits per heavy atom. The smallest absolute Gasteiger partial charge is 0.257 e. The molecule has 3 nitrogen and oxygen atoms in total. The van der Waals surface area contributed by atoms with Crippen LogP contribution in [-0.2, 0) is 0 Å². The van der Waals surface area contributed by atoms with E-state index in [0.717, 1.165) is 21.3 Å². The van der Waals surface area contributed by atoms with E-state index in [1.165, 1.54) is 0 Å². The molecule has 0 saturated heterocycles. The third-order valence-electron chi connectivity index (χ3n) is 3.58. The summed E-state index contributed by atoms with van der Waals surface area (Å²) in [5.74, 6) is -0.241. The predicted octanol–water partition coefficient (Wildman–Crippen LogP) is 5.24. The number of amides is 1. The zero-order valence-corrected chi connectivity index (χ0v) is 15.6.